The van der Waals surface area contributed by atoms with E-state index in [1.807, 2.05) is 17.0 Å². The number of nitrogens with zero attached hydrogens (tertiary/aromatic N) is 4. The maximum absolute atomic E-state index is 11.2. The molecule has 9 nitrogen and oxygen atoms in total. The van der Waals surface area contributed by atoms with Gasteiger partial charge in [0, 0.05) is 11.8 Å². The van der Waals surface area contributed by atoms with E-state index in [0.29, 0.717) is 11.7 Å². The molecule has 2 aromatic carbocycles. The molecule has 0 unspecified atom stereocenters. The van der Waals surface area contributed by atoms with E-state index in [-0.39, 0.29) is 17.4 Å². The van der Waals surface area contributed by atoms with E-state index in [0.717, 1.165) is 37.8 Å². The highest BCUT2D eigenvalue weighted by atomic mass is 16.6. The quantitative estimate of drug-likeness (QED) is 0.602. The summed E-state index contributed by atoms with van der Waals surface area (Å²) in [4.78, 5) is 21.4. The van der Waals surface area contributed by atoms with Gasteiger partial charge >= 0.3 is 5.69 Å². The van der Waals surface area contributed by atoms with Gasteiger partial charge < -0.3 is 16.2 Å². The Morgan fingerprint density at radius 3 is 2.41 bits per heavy atom. The zero-order chi connectivity index (χ0) is 20.4. The van der Waals surface area contributed by atoms with Crippen LogP contribution in [0.2, 0.25) is 0 Å². The van der Waals surface area contributed by atoms with Crippen LogP contribution in [0, 0.1) is 10.1 Å². The lowest BCUT2D eigenvalue weighted by Gasteiger charge is -2.45. The summed E-state index contributed by atoms with van der Waals surface area (Å²) >= 11 is 0. The summed E-state index contributed by atoms with van der Waals surface area (Å²) in [5.41, 5.74) is 12.3. The first-order chi connectivity index (χ1) is 14.0. The minimum atomic E-state index is -0.519. The molecule has 0 amide bonds. The van der Waals surface area contributed by atoms with Crippen LogP contribution in [0.5, 0.6) is 11.5 Å². The fourth-order valence-electron chi connectivity index (χ4n) is 3.98. The molecule has 0 atom stereocenters. The number of para-hydroxylation sites is 2. The number of hydrogen-bond donors (Lipinski definition) is 2. The summed E-state index contributed by atoms with van der Waals surface area (Å²) < 4.78 is 5.72. The zero-order valence-corrected chi connectivity index (χ0v) is 15.8. The van der Waals surface area contributed by atoms with E-state index in [2.05, 4.69) is 9.98 Å². The first-order valence-corrected chi connectivity index (χ1v) is 9.50. The van der Waals surface area contributed by atoms with Gasteiger partial charge in [-0.2, -0.15) is 4.99 Å². The maximum Gasteiger partial charge on any atom is 0.311 e. The number of benzene rings is 2. The van der Waals surface area contributed by atoms with Gasteiger partial charge in [0.15, 0.2) is 0 Å². The number of nitro benzene ring substituents is 1. The molecule has 1 saturated carbocycles. The molecule has 9 heteroatoms. The molecular weight excluding hydrogens is 372 g/mol. The average Bonchev–Trinajstić information content (AvgIpc) is 2.69. The monoisotopic (exact) mass is 394 g/mol. The first-order valence-electron chi connectivity index (χ1n) is 9.50. The van der Waals surface area contributed by atoms with Crippen molar-refractivity contribution in [1.29, 1.82) is 0 Å². The molecule has 1 aliphatic carbocycles. The van der Waals surface area contributed by atoms with Gasteiger partial charge in [-0.25, -0.2) is 4.99 Å². The fourth-order valence-corrected chi connectivity index (χ4v) is 3.98. The lowest BCUT2D eigenvalue weighted by Crippen LogP contribution is -2.58. The van der Waals surface area contributed by atoms with Crippen LogP contribution in [0.15, 0.2) is 58.5 Å². The van der Waals surface area contributed by atoms with Gasteiger partial charge in [0.25, 0.3) is 0 Å². The third-order valence-electron chi connectivity index (χ3n) is 5.24. The fraction of sp³-hybridized carbons (Fsp3) is 0.300. The normalized spacial score (nSPS) is 18.1. The average molecular weight is 394 g/mol. The molecule has 4 N–H and O–H groups in total. The van der Waals surface area contributed by atoms with Crippen LogP contribution < -0.4 is 21.1 Å². The van der Waals surface area contributed by atoms with Crippen LogP contribution in [-0.4, -0.2) is 22.5 Å². The van der Waals surface area contributed by atoms with Crippen molar-refractivity contribution in [2.24, 2.45) is 21.5 Å². The van der Waals surface area contributed by atoms with Crippen LogP contribution in [-0.2, 0) is 0 Å². The molecule has 29 heavy (non-hydrogen) atoms. The van der Waals surface area contributed by atoms with Gasteiger partial charge in [-0.1, -0.05) is 18.6 Å². The largest absolute Gasteiger partial charge is 0.450 e. The second kappa shape index (κ2) is 7.42. The SMILES string of the molecule is NC1=NC2(CCCCC2)N(c2ccc(Oc3ccccc3[N+](=O)[O-])cc2)C(N)=N1. The van der Waals surface area contributed by atoms with Crippen molar-refractivity contribution in [2.75, 3.05) is 4.90 Å². The number of anilines is 1. The molecule has 1 spiro atoms. The lowest BCUT2D eigenvalue weighted by molar-refractivity contribution is -0.385. The molecular formula is C20H22N6O3. The van der Waals surface area contributed by atoms with E-state index in [4.69, 9.17) is 16.2 Å². The minimum absolute atomic E-state index is 0.0880. The number of rotatable bonds is 4. The second-order valence-corrected chi connectivity index (χ2v) is 7.14. The number of nitro groups is 1. The molecule has 2 aliphatic rings. The highest BCUT2D eigenvalue weighted by Crippen LogP contribution is 2.40. The summed E-state index contributed by atoms with van der Waals surface area (Å²) in [5, 5.41) is 11.2. The van der Waals surface area contributed by atoms with Crippen LogP contribution in [0.1, 0.15) is 32.1 Å². The Morgan fingerprint density at radius 1 is 1.03 bits per heavy atom. The summed E-state index contributed by atoms with van der Waals surface area (Å²) in [6.07, 6.45) is 4.93. The Labute approximate surface area is 167 Å². The number of hydrogen-bond acceptors (Lipinski definition) is 8. The van der Waals surface area contributed by atoms with Crippen molar-refractivity contribution in [2.45, 2.75) is 37.8 Å². The van der Waals surface area contributed by atoms with Crippen LogP contribution in [0.25, 0.3) is 0 Å². The molecule has 4 rings (SSSR count). The maximum atomic E-state index is 11.2. The Hall–Kier alpha value is -3.62. The van der Waals surface area contributed by atoms with Gasteiger partial charge in [-0.3, -0.25) is 15.0 Å². The lowest BCUT2D eigenvalue weighted by atomic mass is 9.87. The van der Waals surface area contributed by atoms with E-state index in [9.17, 15) is 10.1 Å². The predicted octanol–water partition coefficient (Wildman–Crippen LogP) is 3.50. The van der Waals surface area contributed by atoms with Gasteiger partial charge in [0.05, 0.1) is 4.92 Å². The van der Waals surface area contributed by atoms with Crippen molar-refractivity contribution in [3.05, 3.63) is 58.6 Å². The van der Waals surface area contributed by atoms with Crippen LogP contribution >= 0.6 is 0 Å². The zero-order valence-electron chi connectivity index (χ0n) is 15.8. The smallest absolute Gasteiger partial charge is 0.311 e. The Balaban J connectivity index is 1.62. The molecule has 0 saturated heterocycles. The topological polar surface area (TPSA) is 132 Å². The summed E-state index contributed by atoms with van der Waals surface area (Å²) in [6.45, 7) is 0. The van der Waals surface area contributed by atoms with Crippen molar-refractivity contribution in [3.8, 4) is 11.5 Å². The van der Waals surface area contributed by atoms with Gasteiger partial charge in [-0.05, 0) is 56.0 Å². The highest BCUT2D eigenvalue weighted by Gasteiger charge is 2.42. The van der Waals surface area contributed by atoms with Crippen molar-refractivity contribution in [1.82, 2.24) is 0 Å². The van der Waals surface area contributed by atoms with Crippen molar-refractivity contribution < 1.29 is 9.66 Å². The number of ether oxygens (including phenoxy) is 1. The molecule has 2 aromatic rings. The Kier molecular flexibility index (Phi) is 4.79. The number of guanidine groups is 2. The van der Waals surface area contributed by atoms with Crippen LogP contribution in [0.4, 0.5) is 11.4 Å². The molecule has 0 bridgehead atoms. The van der Waals surface area contributed by atoms with E-state index in [1.165, 1.54) is 6.07 Å². The molecule has 0 radical (unpaired) electrons. The van der Waals surface area contributed by atoms with Gasteiger partial charge in [0.1, 0.15) is 11.4 Å². The third-order valence-corrected chi connectivity index (χ3v) is 5.24. The van der Waals surface area contributed by atoms with Crippen LogP contribution in [0.3, 0.4) is 0 Å². The summed E-state index contributed by atoms with van der Waals surface area (Å²) in [7, 11) is 0. The van der Waals surface area contributed by atoms with Gasteiger partial charge in [-0.15, -0.1) is 0 Å². The molecule has 150 valence electrons. The van der Waals surface area contributed by atoms with E-state index >= 15 is 0 Å². The van der Waals surface area contributed by atoms with Crippen molar-refractivity contribution in [3.63, 3.8) is 0 Å². The molecule has 0 aromatic heterocycles. The molecule has 1 aliphatic heterocycles. The standard InChI is InChI=1S/C20H22N6O3/c21-18-23-19(22)25(20(24-18)12-4-1-5-13-20)14-8-10-15(11-9-14)29-17-7-3-2-6-16(17)26(27)28/h2-3,6-11H,1,4-5,12-13H2,(H4,21,22,23,24). The van der Waals surface area contributed by atoms with Gasteiger partial charge in [0.2, 0.25) is 17.7 Å². The predicted molar refractivity (Wildman–Crippen MR) is 111 cm³/mol. The summed E-state index contributed by atoms with van der Waals surface area (Å²) in [5.74, 6) is 1.19. The molecule has 1 heterocycles. The Bertz CT molecular complexity index is 980. The summed E-state index contributed by atoms with van der Waals surface area (Å²) in [6, 6.07) is 13.5. The second-order valence-electron chi connectivity index (χ2n) is 7.14. The van der Waals surface area contributed by atoms with Crippen molar-refractivity contribution >= 4 is 23.3 Å². The number of aliphatic imine (C=N–C) groups is 2. The first kappa shape index (κ1) is 18.7. The van der Waals surface area contributed by atoms with E-state index < -0.39 is 10.6 Å². The van der Waals surface area contributed by atoms with E-state index in [1.54, 1.807) is 30.3 Å². The molecule has 1 fully saturated rings. The number of nitrogens with two attached hydrogens (primary N) is 2. The Morgan fingerprint density at radius 2 is 1.72 bits per heavy atom. The third kappa shape index (κ3) is 3.58. The highest BCUT2D eigenvalue weighted by molar-refractivity contribution is 6.05. The minimum Gasteiger partial charge on any atom is -0.450 e.